The van der Waals surface area contributed by atoms with Gasteiger partial charge < -0.3 is 14.6 Å². The molecular formula is C16H10Cl2O4. The monoisotopic (exact) mass is 336 g/mol. The Kier molecular flexibility index (Phi) is 3.96. The minimum Gasteiger partial charge on any atom is -0.488 e. The molecule has 1 aliphatic heterocycles. The van der Waals surface area contributed by atoms with Gasteiger partial charge in [-0.15, -0.1) is 0 Å². The maximum absolute atomic E-state index is 11.1. The summed E-state index contributed by atoms with van der Waals surface area (Å²) < 4.78 is 11.2. The van der Waals surface area contributed by atoms with Gasteiger partial charge in [0, 0.05) is 5.02 Å². The first-order chi connectivity index (χ1) is 10.5. The maximum atomic E-state index is 11.1. The average molecular weight is 337 g/mol. The first-order valence-electron chi connectivity index (χ1n) is 6.37. The molecule has 0 unspecified atom stereocenters. The fourth-order valence-electron chi connectivity index (χ4n) is 2.06. The Labute approximate surface area is 136 Å². The Morgan fingerprint density at radius 1 is 1.23 bits per heavy atom. The summed E-state index contributed by atoms with van der Waals surface area (Å²) in [6, 6.07) is 10.2. The topological polar surface area (TPSA) is 55.8 Å². The van der Waals surface area contributed by atoms with Gasteiger partial charge in [0.1, 0.15) is 18.1 Å². The summed E-state index contributed by atoms with van der Waals surface area (Å²) in [7, 11) is 0. The number of aliphatic carboxylic acids is 1. The number of hydrogen-bond donors (Lipinski definition) is 1. The average Bonchev–Trinajstić information content (AvgIpc) is 2.49. The predicted molar refractivity (Wildman–Crippen MR) is 84.1 cm³/mol. The number of benzene rings is 2. The van der Waals surface area contributed by atoms with Crippen LogP contribution >= 0.6 is 23.2 Å². The summed E-state index contributed by atoms with van der Waals surface area (Å²) in [5.41, 5.74) is 0.627. The van der Waals surface area contributed by atoms with E-state index >= 15 is 0 Å². The van der Waals surface area contributed by atoms with Gasteiger partial charge in [-0.25, -0.2) is 4.79 Å². The van der Waals surface area contributed by atoms with Crippen LogP contribution in [0, 0.1) is 0 Å². The highest BCUT2D eigenvalue weighted by molar-refractivity contribution is 6.32. The van der Waals surface area contributed by atoms with E-state index in [1.54, 1.807) is 36.4 Å². The Balaban J connectivity index is 2.07. The van der Waals surface area contributed by atoms with Crippen molar-refractivity contribution < 1.29 is 19.4 Å². The number of ether oxygens (including phenoxy) is 2. The summed E-state index contributed by atoms with van der Waals surface area (Å²) in [6.45, 7) is 0.000566. The van der Waals surface area contributed by atoms with Crippen LogP contribution in [-0.4, -0.2) is 17.7 Å². The number of carboxylic acid groups (broad SMARTS) is 1. The zero-order valence-corrected chi connectivity index (χ0v) is 12.7. The van der Waals surface area contributed by atoms with Crippen LogP contribution < -0.4 is 9.47 Å². The van der Waals surface area contributed by atoms with Gasteiger partial charge in [0.05, 0.1) is 16.2 Å². The van der Waals surface area contributed by atoms with Crippen LogP contribution in [0.2, 0.25) is 10.0 Å². The van der Waals surface area contributed by atoms with E-state index in [9.17, 15) is 4.79 Å². The van der Waals surface area contributed by atoms with Gasteiger partial charge in [-0.05, 0) is 36.4 Å². The summed E-state index contributed by atoms with van der Waals surface area (Å²) >= 11 is 12.1. The molecule has 22 heavy (non-hydrogen) atoms. The number of hydrogen-bond acceptors (Lipinski definition) is 3. The van der Waals surface area contributed by atoms with Gasteiger partial charge in [0.2, 0.25) is 0 Å². The number of carbonyl (C=O) groups is 1. The highest BCUT2D eigenvalue weighted by Gasteiger charge is 2.22. The summed E-state index contributed by atoms with van der Waals surface area (Å²) in [5, 5.41) is 9.99. The molecule has 0 radical (unpaired) electrons. The van der Waals surface area contributed by atoms with Crippen LogP contribution in [0.5, 0.6) is 17.2 Å². The molecule has 0 aromatic heterocycles. The van der Waals surface area contributed by atoms with Crippen molar-refractivity contribution >= 4 is 35.2 Å². The van der Waals surface area contributed by atoms with Crippen molar-refractivity contribution in [2.75, 3.05) is 6.61 Å². The molecule has 2 aromatic rings. The lowest BCUT2D eigenvalue weighted by molar-refractivity contribution is -0.132. The van der Waals surface area contributed by atoms with Gasteiger partial charge in [0.25, 0.3) is 0 Å². The van der Waals surface area contributed by atoms with Crippen molar-refractivity contribution in [3.05, 3.63) is 57.6 Å². The molecule has 3 rings (SSSR count). The van der Waals surface area contributed by atoms with Crippen LogP contribution in [0.25, 0.3) is 6.08 Å². The molecule has 1 heterocycles. The summed E-state index contributed by atoms with van der Waals surface area (Å²) in [5.74, 6) is 0.310. The smallest absolute Gasteiger partial charge is 0.335 e. The Morgan fingerprint density at radius 3 is 2.77 bits per heavy atom. The largest absolute Gasteiger partial charge is 0.488 e. The molecule has 0 amide bonds. The molecule has 1 N–H and O–H groups in total. The zero-order valence-electron chi connectivity index (χ0n) is 11.2. The standard InChI is InChI=1S/C16H10Cl2O4/c17-10-2-1-3-11(7-10)22-15-12-6-9(16(19)20)8-21-14(12)5-4-13(15)18/h1-7H,8H2,(H,19,20). The molecule has 2 aromatic carbocycles. The fourth-order valence-corrected chi connectivity index (χ4v) is 2.45. The van der Waals surface area contributed by atoms with E-state index < -0.39 is 5.97 Å². The number of fused-ring (bicyclic) bond motifs is 1. The maximum Gasteiger partial charge on any atom is 0.335 e. The number of carboxylic acids is 1. The van der Waals surface area contributed by atoms with Gasteiger partial charge in [0.15, 0.2) is 5.75 Å². The Hall–Kier alpha value is -2.17. The number of rotatable bonds is 3. The summed E-state index contributed by atoms with van der Waals surface area (Å²) in [6.07, 6.45) is 1.51. The first-order valence-corrected chi connectivity index (χ1v) is 7.13. The van der Waals surface area contributed by atoms with E-state index in [0.29, 0.717) is 32.9 Å². The van der Waals surface area contributed by atoms with Crippen LogP contribution in [0.4, 0.5) is 0 Å². The minimum absolute atomic E-state index is 0.000566. The second-order valence-corrected chi connectivity index (χ2v) is 5.45. The summed E-state index contributed by atoms with van der Waals surface area (Å²) in [4.78, 5) is 11.1. The lowest BCUT2D eigenvalue weighted by atomic mass is 10.1. The van der Waals surface area contributed by atoms with Crippen molar-refractivity contribution in [3.8, 4) is 17.2 Å². The third kappa shape index (κ3) is 2.89. The molecule has 0 bridgehead atoms. The van der Waals surface area contributed by atoms with Crippen molar-refractivity contribution in [1.82, 2.24) is 0 Å². The second-order valence-electron chi connectivity index (χ2n) is 4.61. The fraction of sp³-hybridized carbons (Fsp3) is 0.0625. The molecule has 112 valence electrons. The van der Waals surface area contributed by atoms with Gasteiger partial charge in [-0.1, -0.05) is 29.3 Å². The van der Waals surface area contributed by atoms with E-state index in [4.69, 9.17) is 37.8 Å². The van der Waals surface area contributed by atoms with Crippen molar-refractivity contribution in [2.24, 2.45) is 0 Å². The van der Waals surface area contributed by atoms with Crippen molar-refractivity contribution in [2.45, 2.75) is 0 Å². The SMILES string of the molecule is O=C(O)C1=Cc2c(ccc(Cl)c2Oc2cccc(Cl)c2)OC1. The van der Waals surface area contributed by atoms with Crippen LogP contribution in [0.1, 0.15) is 5.56 Å². The molecule has 0 atom stereocenters. The molecule has 6 heteroatoms. The second kappa shape index (κ2) is 5.91. The van der Waals surface area contributed by atoms with Gasteiger partial charge in [-0.3, -0.25) is 0 Å². The molecule has 0 fully saturated rings. The quantitative estimate of drug-likeness (QED) is 0.886. The van der Waals surface area contributed by atoms with Gasteiger partial charge >= 0.3 is 5.97 Å². The van der Waals surface area contributed by atoms with E-state index in [-0.39, 0.29) is 12.2 Å². The molecule has 0 saturated carbocycles. The lowest BCUT2D eigenvalue weighted by Crippen LogP contribution is -2.14. The van der Waals surface area contributed by atoms with Crippen LogP contribution in [0.3, 0.4) is 0 Å². The minimum atomic E-state index is -1.04. The Morgan fingerprint density at radius 2 is 2.05 bits per heavy atom. The third-order valence-corrected chi connectivity index (χ3v) is 3.63. The molecule has 0 saturated heterocycles. The molecule has 4 nitrogen and oxygen atoms in total. The van der Waals surface area contributed by atoms with E-state index in [0.717, 1.165) is 0 Å². The Bertz CT molecular complexity index is 784. The van der Waals surface area contributed by atoms with Crippen LogP contribution in [0.15, 0.2) is 42.0 Å². The molecule has 0 spiro atoms. The normalized spacial score (nSPS) is 12.9. The first kappa shape index (κ1) is 14.8. The highest BCUT2D eigenvalue weighted by Crippen LogP contribution is 2.41. The molecule has 0 aliphatic carbocycles. The molecule has 1 aliphatic rings. The predicted octanol–water partition coefficient (Wildman–Crippen LogP) is 4.65. The zero-order chi connectivity index (χ0) is 15.7. The van der Waals surface area contributed by atoms with Crippen LogP contribution in [-0.2, 0) is 4.79 Å². The van der Waals surface area contributed by atoms with Crippen molar-refractivity contribution in [1.29, 1.82) is 0 Å². The highest BCUT2D eigenvalue weighted by atomic mass is 35.5. The molecular weight excluding hydrogens is 327 g/mol. The van der Waals surface area contributed by atoms with Crippen molar-refractivity contribution in [3.63, 3.8) is 0 Å². The third-order valence-electron chi connectivity index (χ3n) is 3.10. The lowest BCUT2D eigenvalue weighted by Gasteiger charge is -2.19. The van der Waals surface area contributed by atoms with E-state index in [1.165, 1.54) is 6.08 Å². The van der Waals surface area contributed by atoms with Gasteiger partial charge in [-0.2, -0.15) is 0 Å². The van der Waals surface area contributed by atoms with E-state index in [2.05, 4.69) is 0 Å². The number of halogens is 2. The van der Waals surface area contributed by atoms with E-state index in [1.807, 2.05) is 0 Å².